The van der Waals surface area contributed by atoms with Gasteiger partial charge in [0, 0.05) is 19.1 Å². The minimum atomic E-state index is -0.163. The highest BCUT2D eigenvalue weighted by Crippen LogP contribution is 1.99. The van der Waals surface area contributed by atoms with Crippen LogP contribution in [0.25, 0.3) is 0 Å². The minimum Gasteiger partial charge on any atom is -0.378 e. The molecule has 2 heterocycles. The van der Waals surface area contributed by atoms with Crippen molar-refractivity contribution < 1.29 is 9.53 Å². The molecule has 0 radical (unpaired) electrons. The van der Waals surface area contributed by atoms with Gasteiger partial charge in [-0.2, -0.15) is 0 Å². The Labute approximate surface area is 83.6 Å². The number of morpholine rings is 1. The molecule has 1 amide bonds. The van der Waals surface area contributed by atoms with Gasteiger partial charge in [-0.05, 0) is 13.0 Å². The molecule has 80 valence electrons. The maximum Gasteiger partial charge on any atom is 0.239 e. The Hall–Kier alpha value is -0.650. The standard InChI is InChI=1S/C9H17N3O2/c13-9(8-6-14-4-3-11-8)12-7-1-2-10-5-7/h7-8,10-11H,1-6H2,(H,12,13)/t7?,8-/m1/s1. The highest BCUT2D eigenvalue weighted by molar-refractivity contribution is 5.82. The third-order valence-electron chi connectivity index (χ3n) is 2.64. The minimum absolute atomic E-state index is 0.0680. The Morgan fingerprint density at radius 3 is 3.00 bits per heavy atom. The summed E-state index contributed by atoms with van der Waals surface area (Å²) in [5.74, 6) is 0.0680. The second kappa shape index (κ2) is 4.72. The van der Waals surface area contributed by atoms with E-state index in [1.54, 1.807) is 0 Å². The maximum atomic E-state index is 11.7. The van der Waals surface area contributed by atoms with Crippen molar-refractivity contribution in [2.75, 3.05) is 32.8 Å². The predicted octanol–water partition coefficient (Wildman–Crippen LogP) is -1.55. The van der Waals surface area contributed by atoms with Crippen LogP contribution < -0.4 is 16.0 Å². The molecule has 0 aromatic rings. The fraction of sp³-hybridized carbons (Fsp3) is 0.889. The third kappa shape index (κ3) is 2.43. The zero-order valence-corrected chi connectivity index (χ0v) is 8.21. The summed E-state index contributed by atoms with van der Waals surface area (Å²) in [7, 11) is 0. The number of nitrogens with one attached hydrogen (secondary N) is 3. The number of ether oxygens (including phenoxy) is 1. The van der Waals surface area contributed by atoms with E-state index in [4.69, 9.17) is 4.74 Å². The normalized spacial score (nSPS) is 32.9. The second-order valence-electron chi connectivity index (χ2n) is 3.78. The molecule has 2 aliphatic rings. The molecule has 2 aliphatic heterocycles. The van der Waals surface area contributed by atoms with Crippen LogP contribution in [0.1, 0.15) is 6.42 Å². The summed E-state index contributed by atoms with van der Waals surface area (Å²) >= 11 is 0. The lowest BCUT2D eigenvalue weighted by atomic mass is 10.2. The van der Waals surface area contributed by atoms with Crippen molar-refractivity contribution in [3.63, 3.8) is 0 Å². The zero-order chi connectivity index (χ0) is 9.80. The number of hydrogen-bond acceptors (Lipinski definition) is 4. The van der Waals surface area contributed by atoms with Gasteiger partial charge in [0.15, 0.2) is 0 Å². The number of rotatable bonds is 2. The first kappa shape index (κ1) is 9.89. The van der Waals surface area contributed by atoms with Gasteiger partial charge in [0.2, 0.25) is 5.91 Å². The first-order valence-electron chi connectivity index (χ1n) is 5.18. The van der Waals surface area contributed by atoms with Gasteiger partial charge in [0.1, 0.15) is 6.04 Å². The summed E-state index contributed by atoms with van der Waals surface area (Å²) in [6.07, 6.45) is 1.03. The third-order valence-corrected chi connectivity index (χ3v) is 2.64. The molecular formula is C9H17N3O2. The maximum absolute atomic E-state index is 11.7. The van der Waals surface area contributed by atoms with Crippen LogP contribution in [0.2, 0.25) is 0 Å². The monoisotopic (exact) mass is 199 g/mol. The summed E-state index contributed by atoms with van der Waals surface area (Å²) in [6.45, 7) is 3.85. The van der Waals surface area contributed by atoms with E-state index in [0.29, 0.717) is 19.3 Å². The number of hydrogen-bond donors (Lipinski definition) is 3. The van der Waals surface area contributed by atoms with Crippen LogP contribution in [-0.2, 0) is 9.53 Å². The van der Waals surface area contributed by atoms with Crippen molar-refractivity contribution in [1.29, 1.82) is 0 Å². The van der Waals surface area contributed by atoms with Crippen molar-refractivity contribution in [1.82, 2.24) is 16.0 Å². The molecule has 5 nitrogen and oxygen atoms in total. The summed E-state index contributed by atoms with van der Waals surface area (Å²) in [5, 5.41) is 9.35. The lowest BCUT2D eigenvalue weighted by Gasteiger charge is -2.24. The van der Waals surface area contributed by atoms with Crippen molar-refractivity contribution >= 4 is 5.91 Å². The summed E-state index contributed by atoms with van der Waals surface area (Å²) in [4.78, 5) is 11.7. The largest absolute Gasteiger partial charge is 0.378 e. The van der Waals surface area contributed by atoms with E-state index < -0.39 is 0 Å². The van der Waals surface area contributed by atoms with E-state index in [-0.39, 0.29) is 11.9 Å². The molecule has 1 unspecified atom stereocenters. The smallest absolute Gasteiger partial charge is 0.239 e. The molecule has 2 atom stereocenters. The zero-order valence-electron chi connectivity index (χ0n) is 8.21. The lowest BCUT2D eigenvalue weighted by molar-refractivity contribution is -0.126. The van der Waals surface area contributed by atoms with Crippen LogP contribution >= 0.6 is 0 Å². The van der Waals surface area contributed by atoms with E-state index in [2.05, 4.69) is 16.0 Å². The molecule has 0 spiro atoms. The van der Waals surface area contributed by atoms with Crippen LogP contribution in [0.3, 0.4) is 0 Å². The average molecular weight is 199 g/mol. The highest BCUT2D eigenvalue weighted by atomic mass is 16.5. The molecule has 0 aromatic carbocycles. The lowest BCUT2D eigenvalue weighted by Crippen LogP contribution is -2.53. The van der Waals surface area contributed by atoms with Crippen LogP contribution in [-0.4, -0.2) is 50.8 Å². The van der Waals surface area contributed by atoms with Gasteiger partial charge >= 0.3 is 0 Å². The van der Waals surface area contributed by atoms with Crippen LogP contribution in [0.5, 0.6) is 0 Å². The summed E-state index contributed by atoms with van der Waals surface area (Å²) in [6, 6.07) is 0.135. The van der Waals surface area contributed by atoms with Crippen LogP contribution in [0.15, 0.2) is 0 Å². The van der Waals surface area contributed by atoms with Crippen LogP contribution in [0.4, 0.5) is 0 Å². The fourth-order valence-electron chi connectivity index (χ4n) is 1.81. The number of carbonyl (C=O) groups is 1. The van der Waals surface area contributed by atoms with Gasteiger partial charge < -0.3 is 20.7 Å². The molecule has 3 N–H and O–H groups in total. The van der Waals surface area contributed by atoms with Crippen LogP contribution in [0, 0.1) is 0 Å². The molecule has 0 bridgehead atoms. The van der Waals surface area contributed by atoms with E-state index in [1.807, 2.05) is 0 Å². The molecule has 0 aliphatic carbocycles. The Kier molecular flexibility index (Phi) is 3.34. The van der Waals surface area contributed by atoms with E-state index in [1.165, 1.54) is 0 Å². The highest BCUT2D eigenvalue weighted by Gasteiger charge is 2.24. The molecule has 0 aromatic heterocycles. The van der Waals surface area contributed by atoms with E-state index in [9.17, 15) is 4.79 Å². The summed E-state index contributed by atoms with van der Waals surface area (Å²) < 4.78 is 5.23. The van der Waals surface area contributed by atoms with Gasteiger partial charge in [-0.25, -0.2) is 0 Å². The molecule has 2 saturated heterocycles. The molecule has 2 rings (SSSR count). The van der Waals surface area contributed by atoms with Gasteiger partial charge in [-0.15, -0.1) is 0 Å². The molecular weight excluding hydrogens is 182 g/mol. The topological polar surface area (TPSA) is 62.4 Å². The predicted molar refractivity (Wildman–Crippen MR) is 52.0 cm³/mol. The summed E-state index contributed by atoms with van der Waals surface area (Å²) in [5.41, 5.74) is 0. The van der Waals surface area contributed by atoms with E-state index >= 15 is 0 Å². The number of amides is 1. The Morgan fingerprint density at radius 2 is 2.36 bits per heavy atom. The average Bonchev–Trinajstić information content (AvgIpc) is 2.72. The van der Waals surface area contributed by atoms with Crippen molar-refractivity contribution in [3.05, 3.63) is 0 Å². The van der Waals surface area contributed by atoms with Crippen molar-refractivity contribution in [3.8, 4) is 0 Å². The van der Waals surface area contributed by atoms with Gasteiger partial charge in [0.05, 0.1) is 13.2 Å². The first-order chi connectivity index (χ1) is 6.86. The SMILES string of the molecule is O=C(NC1CCNC1)[C@H]1COCCN1. The van der Waals surface area contributed by atoms with Crippen molar-refractivity contribution in [2.45, 2.75) is 18.5 Å². The quantitative estimate of drug-likeness (QED) is 0.504. The van der Waals surface area contributed by atoms with E-state index in [0.717, 1.165) is 26.1 Å². The Balaban J connectivity index is 1.75. The Bertz CT molecular complexity index is 198. The van der Waals surface area contributed by atoms with Crippen molar-refractivity contribution in [2.24, 2.45) is 0 Å². The molecule has 2 fully saturated rings. The van der Waals surface area contributed by atoms with Gasteiger partial charge in [-0.1, -0.05) is 0 Å². The molecule has 5 heteroatoms. The fourth-order valence-corrected chi connectivity index (χ4v) is 1.81. The Morgan fingerprint density at radius 1 is 1.43 bits per heavy atom. The van der Waals surface area contributed by atoms with Gasteiger partial charge in [0.25, 0.3) is 0 Å². The van der Waals surface area contributed by atoms with Gasteiger partial charge in [-0.3, -0.25) is 4.79 Å². The number of carbonyl (C=O) groups excluding carboxylic acids is 1. The molecule has 0 saturated carbocycles. The molecule has 14 heavy (non-hydrogen) atoms. The second-order valence-corrected chi connectivity index (χ2v) is 3.78. The first-order valence-corrected chi connectivity index (χ1v) is 5.18.